The van der Waals surface area contributed by atoms with Gasteiger partial charge in [-0.3, -0.25) is 4.79 Å². The number of rotatable bonds is 10. The molecule has 3 rings (SSSR count). The first kappa shape index (κ1) is 21.7. The average molecular weight is 409 g/mol. The highest BCUT2D eigenvalue weighted by Crippen LogP contribution is 2.32. The number of nitrogens with zero attached hydrogens (tertiary/aromatic N) is 2. The second-order valence-electron chi connectivity index (χ2n) is 6.74. The van der Waals surface area contributed by atoms with E-state index in [1.54, 1.807) is 13.3 Å². The third-order valence-electron chi connectivity index (χ3n) is 4.67. The number of hydrogen-bond donors (Lipinski definition) is 2. The molecule has 7 heteroatoms. The molecular weight excluding hydrogens is 380 g/mol. The number of benzene rings is 2. The van der Waals surface area contributed by atoms with E-state index >= 15 is 0 Å². The number of hydrogen-bond acceptors (Lipinski definition) is 6. The molecule has 7 nitrogen and oxygen atoms in total. The standard InChI is InChI=1S/C23H28N4O3/c1-4-22-25-9-8-20(26-22)17-12-16-6-7-18(29-3)14-19(16)21(13-17)27-23(28)15-24-10-11-30-5-2/h6-9,12-14,24H,4-5,10-11,15H2,1-3H3,(H,27,28). The Hall–Kier alpha value is -3.03. The number of nitrogens with one attached hydrogen (secondary N) is 2. The fourth-order valence-corrected chi connectivity index (χ4v) is 3.13. The smallest absolute Gasteiger partial charge is 0.238 e. The van der Waals surface area contributed by atoms with E-state index in [9.17, 15) is 4.79 Å². The Morgan fingerprint density at radius 3 is 2.77 bits per heavy atom. The highest BCUT2D eigenvalue weighted by molar-refractivity contribution is 6.05. The molecule has 3 aromatic rings. The van der Waals surface area contributed by atoms with Crippen LogP contribution in [0.15, 0.2) is 42.6 Å². The van der Waals surface area contributed by atoms with Crippen LogP contribution < -0.4 is 15.4 Å². The van der Waals surface area contributed by atoms with Crippen molar-refractivity contribution in [3.05, 3.63) is 48.4 Å². The van der Waals surface area contributed by atoms with Crippen LogP contribution in [0.3, 0.4) is 0 Å². The Kier molecular flexibility index (Phi) is 7.70. The van der Waals surface area contributed by atoms with Crippen molar-refractivity contribution >= 4 is 22.4 Å². The fraction of sp³-hybridized carbons (Fsp3) is 0.348. The number of aromatic nitrogens is 2. The van der Waals surface area contributed by atoms with Gasteiger partial charge in [0.2, 0.25) is 5.91 Å². The summed E-state index contributed by atoms with van der Waals surface area (Å²) >= 11 is 0. The maximum atomic E-state index is 12.5. The first-order valence-corrected chi connectivity index (χ1v) is 10.2. The average Bonchev–Trinajstić information content (AvgIpc) is 2.78. The van der Waals surface area contributed by atoms with Crippen molar-refractivity contribution in [1.29, 1.82) is 0 Å². The normalized spacial score (nSPS) is 10.9. The number of anilines is 1. The minimum absolute atomic E-state index is 0.121. The Bertz CT molecular complexity index is 1010. The van der Waals surface area contributed by atoms with Crippen molar-refractivity contribution in [1.82, 2.24) is 15.3 Å². The van der Waals surface area contributed by atoms with Crippen molar-refractivity contribution in [2.45, 2.75) is 20.3 Å². The van der Waals surface area contributed by atoms with Crippen LogP contribution >= 0.6 is 0 Å². The molecule has 0 aliphatic heterocycles. The maximum absolute atomic E-state index is 12.5. The van der Waals surface area contributed by atoms with Gasteiger partial charge in [0.15, 0.2) is 0 Å². The summed E-state index contributed by atoms with van der Waals surface area (Å²) in [5, 5.41) is 8.01. The summed E-state index contributed by atoms with van der Waals surface area (Å²) in [5.74, 6) is 1.40. The van der Waals surface area contributed by atoms with E-state index in [0.29, 0.717) is 19.8 Å². The zero-order valence-corrected chi connectivity index (χ0v) is 17.7. The van der Waals surface area contributed by atoms with Crippen molar-refractivity contribution in [3.63, 3.8) is 0 Å². The summed E-state index contributed by atoms with van der Waals surface area (Å²) in [6.07, 6.45) is 2.52. The van der Waals surface area contributed by atoms with Crippen LogP contribution in [0.4, 0.5) is 5.69 Å². The predicted octanol–water partition coefficient (Wildman–Crippen LogP) is 3.43. The number of fused-ring (bicyclic) bond motifs is 1. The zero-order chi connectivity index (χ0) is 21.3. The monoisotopic (exact) mass is 408 g/mol. The number of ether oxygens (including phenoxy) is 2. The topological polar surface area (TPSA) is 85.4 Å². The van der Waals surface area contributed by atoms with E-state index in [-0.39, 0.29) is 12.5 Å². The molecule has 1 amide bonds. The molecule has 0 unspecified atom stereocenters. The Balaban J connectivity index is 1.90. The molecule has 0 bridgehead atoms. The second kappa shape index (κ2) is 10.7. The molecule has 0 aliphatic rings. The number of methoxy groups -OCH3 is 1. The van der Waals surface area contributed by atoms with Gasteiger partial charge < -0.3 is 20.1 Å². The number of amides is 1. The number of aryl methyl sites for hydroxylation is 1. The van der Waals surface area contributed by atoms with Gasteiger partial charge in [-0.2, -0.15) is 0 Å². The van der Waals surface area contributed by atoms with E-state index in [2.05, 4.69) is 26.7 Å². The van der Waals surface area contributed by atoms with E-state index in [4.69, 9.17) is 9.47 Å². The van der Waals surface area contributed by atoms with Gasteiger partial charge in [-0.25, -0.2) is 9.97 Å². The molecule has 2 aromatic carbocycles. The summed E-state index contributed by atoms with van der Waals surface area (Å²) in [6.45, 7) is 6.03. The van der Waals surface area contributed by atoms with Crippen molar-refractivity contribution < 1.29 is 14.3 Å². The first-order valence-electron chi connectivity index (χ1n) is 10.2. The van der Waals surface area contributed by atoms with E-state index < -0.39 is 0 Å². The van der Waals surface area contributed by atoms with Gasteiger partial charge >= 0.3 is 0 Å². The molecule has 0 aliphatic carbocycles. The molecule has 158 valence electrons. The highest BCUT2D eigenvalue weighted by atomic mass is 16.5. The SMILES string of the molecule is CCOCCNCC(=O)Nc1cc(-c2ccnc(CC)n2)cc2ccc(OC)cc12. The van der Waals surface area contributed by atoms with Gasteiger partial charge in [-0.15, -0.1) is 0 Å². The largest absolute Gasteiger partial charge is 0.497 e. The molecule has 0 atom stereocenters. The van der Waals surface area contributed by atoms with E-state index in [1.165, 1.54) is 0 Å². The molecule has 0 saturated carbocycles. The maximum Gasteiger partial charge on any atom is 0.238 e. The van der Waals surface area contributed by atoms with Crippen LogP contribution in [0.1, 0.15) is 19.7 Å². The molecular formula is C23H28N4O3. The predicted molar refractivity (Wildman–Crippen MR) is 119 cm³/mol. The lowest BCUT2D eigenvalue weighted by Crippen LogP contribution is -2.30. The molecule has 1 heterocycles. The Labute approximate surface area is 176 Å². The lowest BCUT2D eigenvalue weighted by molar-refractivity contribution is -0.115. The van der Waals surface area contributed by atoms with Gasteiger partial charge in [-0.1, -0.05) is 13.0 Å². The van der Waals surface area contributed by atoms with Gasteiger partial charge in [0.05, 0.1) is 26.0 Å². The fourth-order valence-electron chi connectivity index (χ4n) is 3.13. The third-order valence-corrected chi connectivity index (χ3v) is 4.67. The van der Waals surface area contributed by atoms with Gasteiger partial charge in [0.1, 0.15) is 11.6 Å². The lowest BCUT2D eigenvalue weighted by Gasteiger charge is -2.13. The third kappa shape index (κ3) is 5.52. The molecule has 0 radical (unpaired) electrons. The molecule has 1 aromatic heterocycles. The van der Waals surface area contributed by atoms with Gasteiger partial charge in [-0.05, 0) is 42.6 Å². The van der Waals surface area contributed by atoms with Crippen LogP contribution in [-0.2, 0) is 16.0 Å². The first-order chi connectivity index (χ1) is 14.6. The Morgan fingerprint density at radius 2 is 2.00 bits per heavy atom. The summed E-state index contributed by atoms with van der Waals surface area (Å²) < 4.78 is 10.7. The van der Waals surface area contributed by atoms with E-state index in [0.717, 1.165) is 45.7 Å². The van der Waals surface area contributed by atoms with Gasteiger partial charge in [0, 0.05) is 42.4 Å². The van der Waals surface area contributed by atoms with Crippen LogP contribution in [0.25, 0.3) is 22.0 Å². The zero-order valence-electron chi connectivity index (χ0n) is 17.7. The Morgan fingerprint density at radius 1 is 1.13 bits per heavy atom. The number of carbonyl (C=O) groups is 1. The minimum atomic E-state index is -0.121. The van der Waals surface area contributed by atoms with Gasteiger partial charge in [0.25, 0.3) is 0 Å². The minimum Gasteiger partial charge on any atom is -0.497 e. The summed E-state index contributed by atoms with van der Waals surface area (Å²) in [6, 6.07) is 11.7. The van der Waals surface area contributed by atoms with Crippen LogP contribution in [0, 0.1) is 0 Å². The highest BCUT2D eigenvalue weighted by Gasteiger charge is 2.11. The molecule has 0 fully saturated rings. The van der Waals surface area contributed by atoms with Crippen LogP contribution in [0.2, 0.25) is 0 Å². The molecule has 0 spiro atoms. The number of carbonyl (C=O) groups excluding carboxylic acids is 1. The van der Waals surface area contributed by atoms with Crippen molar-refractivity contribution in [2.75, 3.05) is 38.7 Å². The van der Waals surface area contributed by atoms with E-state index in [1.807, 2.05) is 44.2 Å². The molecule has 30 heavy (non-hydrogen) atoms. The quantitative estimate of drug-likeness (QED) is 0.500. The van der Waals surface area contributed by atoms with Crippen LogP contribution in [0.5, 0.6) is 5.75 Å². The summed E-state index contributed by atoms with van der Waals surface area (Å²) in [5.41, 5.74) is 2.46. The second-order valence-corrected chi connectivity index (χ2v) is 6.74. The molecule has 2 N–H and O–H groups in total. The lowest BCUT2D eigenvalue weighted by atomic mass is 10.0. The van der Waals surface area contributed by atoms with Crippen LogP contribution in [-0.4, -0.2) is 49.3 Å². The summed E-state index contributed by atoms with van der Waals surface area (Å²) in [4.78, 5) is 21.4. The van der Waals surface area contributed by atoms with Crippen molar-refractivity contribution in [2.24, 2.45) is 0 Å². The summed E-state index contributed by atoms with van der Waals surface area (Å²) in [7, 11) is 1.63. The molecule has 0 saturated heterocycles. The van der Waals surface area contributed by atoms with Crippen molar-refractivity contribution in [3.8, 4) is 17.0 Å².